The summed E-state index contributed by atoms with van der Waals surface area (Å²) in [7, 11) is 1.25. The molecule has 0 spiro atoms. The van der Waals surface area contributed by atoms with Crippen LogP contribution in [0.15, 0.2) is 42.5 Å². The van der Waals surface area contributed by atoms with Crippen LogP contribution in [0.5, 0.6) is 17.2 Å². The van der Waals surface area contributed by atoms with E-state index in [0.29, 0.717) is 5.56 Å². The van der Waals surface area contributed by atoms with E-state index in [4.69, 9.17) is 9.47 Å². The Morgan fingerprint density at radius 3 is 2.12 bits per heavy atom. The maximum absolute atomic E-state index is 13.3. The quantitative estimate of drug-likeness (QED) is 0.525. The first kappa shape index (κ1) is 25.2. The number of halogens is 6. The number of amides is 2. The highest BCUT2D eigenvalue weighted by molar-refractivity contribution is 5.94. The zero-order valence-corrected chi connectivity index (χ0v) is 17.8. The molecule has 6 nitrogen and oxygen atoms in total. The van der Waals surface area contributed by atoms with Gasteiger partial charge in [-0.3, -0.25) is 9.59 Å². The van der Waals surface area contributed by atoms with Gasteiger partial charge in [-0.05, 0) is 48.7 Å². The summed E-state index contributed by atoms with van der Waals surface area (Å²) in [6.07, 6.45) is -10.6. The molecule has 1 saturated carbocycles. The molecule has 2 aromatic rings. The highest BCUT2D eigenvalue weighted by atomic mass is 19.4. The molecule has 184 valence electrons. The van der Waals surface area contributed by atoms with Crippen molar-refractivity contribution in [3.05, 3.63) is 53.6 Å². The number of ether oxygens (including phenoxy) is 2. The number of carbonyl (C=O) groups is 2. The average molecular weight is 490 g/mol. The van der Waals surface area contributed by atoms with Crippen LogP contribution < -0.4 is 20.1 Å². The molecule has 0 unspecified atom stereocenters. The lowest BCUT2D eigenvalue weighted by Crippen LogP contribution is -2.49. The van der Waals surface area contributed by atoms with Gasteiger partial charge in [0.2, 0.25) is 11.8 Å². The third-order valence-corrected chi connectivity index (χ3v) is 5.02. The van der Waals surface area contributed by atoms with Crippen molar-refractivity contribution in [2.45, 2.75) is 43.7 Å². The van der Waals surface area contributed by atoms with Crippen LogP contribution in [0, 0.1) is 0 Å². The Labute approximate surface area is 190 Å². The average Bonchev–Trinajstić information content (AvgIpc) is 3.51. The van der Waals surface area contributed by atoms with E-state index in [1.807, 2.05) is 0 Å². The molecule has 0 radical (unpaired) electrons. The molecule has 0 atom stereocenters. The normalized spacial score (nSPS) is 14.8. The lowest BCUT2D eigenvalue weighted by Gasteiger charge is -2.18. The van der Waals surface area contributed by atoms with Crippen molar-refractivity contribution < 1.29 is 45.4 Å². The van der Waals surface area contributed by atoms with Gasteiger partial charge in [0.1, 0.15) is 34.8 Å². The summed E-state index contributed by atoms with van der Waals surface area (Å²) in [6.45, 7) is -0.00760. The fraction of sp³-hybridized carbons (Fsp3) is 0.364. The second kappa shape index (κ2) is 9.43. The topological polar surface area (TPSA) is 76.7 Å². The first-order chi connectivity index (χ1) is 15.8. The van der Waals surface area contributed by atoms with Crippen LogP contribution in [0.1, 0.15) is 30.4 Å². The molecule has 3 rings (SSSR count). The first-order valence-corrected chi connectivity index (χ1v) is 9.99. The summed E-state index contributed by atoms with van der Waals surface area (Å²) in [6, 6.07) is 9.12. The van der Waals surface area contributed by atoms with Crippen molar-refractivity contribution in [2.24, 2.45) is 0 Å². The van der Waals surface area contributed by atoms with Gasteiger partial charge in [0.25, 0.3) is 0 Å². The molecule has 0 bridgehead atoms. The molecule has 0 saturated heterocycles. The Morgan fingerprint density at radius 1 is 0.971 bits per heavy atom. The van der Waals surface area contributed by atoms with E-state index >= 15 is 0 Å². The van der Waals surface area contributed by atoms with Crippen molar-refractivity contribution in [2.75, 3.05) is 7.11 Å². The summed E-state index contributed by atoms with van der Waals surface area (Å²) in [4.78, 5) is 23.8. The van der Waals surface area contributed by atoms with Crippen LogP contribution >= 0.6 is 0 Å². The smallest absolute Gasteiger partial charge is 0.420 e. The Morgan fingerprint density at radius 2 is 1.59 bits per heavy atom. The molecule has 2 N–H and O–H groups in total. The Balaban J connectivity index is 1.59. The number of hydrogen-bond donors (Lipinski definition) is 2. The molecule has 0 aliphatic heterocycles. The minimum Gasteiger partial charge on any atom is -0.497 e. The number of nitrogens with one attached hydrogen (secondary N) is 2. The third-order valence-electron chi connectivity index (χ3n) is 5.02. The van der Waals surface area contributed by atoms with E-state index < -0.39 is 47.4 Å². The van der Waals surface area contributed by atoms with Crippen molar-refractivity contribution >= 4 is 11.8 Å². The molecule has 2 aromatic carbocycles. The Kier molecular flexibility index (Phi) is 6.99. The summed E-state index contributed by atoms with van der Waals surface area (Å²) in [5.74, 6) is -2.17. The zero-order chi connectivity index (χ0) is 25.1. The van der Waals surface area contributed by atoms with Gasteiger partial charge in [-0.1, -0.05) is 12.1 Å². The maximum atomic E-state index is 13.3. The van der Waals surface area contributed by atoms with Crippen molar-refractivity contribution in [1.29, 1.82) is 0 Å². The highest BCUT2D eigenvalue weighted by Crippen LogP contribution is 2.40. The van der Waals surface area contributed by atoms with Gasteiger partial charge >= 0.3 is 12.4 Å². The van der Waals surface area contributed by atoms with Crippen LogP contribution in [0.25, 0.3) is 0 Å². The van der Waals surface area contributed by atoms with Crippen LogP contribution in [0.3, 0.4) is 0 Å². The molecular formula is C22H20F6N2O4. The molecule has 2 amide bonds. The summed E-state index contributed by atoms with van der Waals surface area (Å²) >= 11 is 0. The molecule has 1 aliphatic rings. The summed E-state index contributed by atoms with van der Waals surface area (Å²) < 4.78 is 87.1. The monoisotopic (exact) mass is 490 g/mol. The van der Waals surface area contributed by atoms with Gasteiger partial charge in [0.15, 0.2) is 0 Å². The summed E-state index contributed by atoms with van der Waals surface area (Å²) in [5, 5.41) is 4.67. The molecule has 1 aliphatic carbocycles. The predicted octanol–water partition coefficient (Wildman–Crippen LogP) is 4.72. The van der Waals surface area contributed by atoms with E-state index in [9.17, 15) is 35.9 Å². The van der Waals surface area contributed by atoms with E-state index in [-0.39, 0.29) is 30.9 Å². The van der Waals surface area contributed by atoms with Crippen molar-refractivity contribution in [3.8, 4) is 17.2 Å². The predicted molar refractivity (Wildman–Crippen MR) is 107 cm³/mol. The number of rotatable bonds is 8. The van der Waals surface area contributed by atoms with Crippen LogP contribution in [0.4, 0.5) is 26.3 Å². The van der Waals surface area contributed by atoms with Gasteiger partial charge in [0, 0.05) is 6.54 Å². The van der Waals surface area contributed by atoms with Gasteiger partial charge in [-0.15, -0.1) is 0 Å². The molecule has 1 fully saturated rings. The second-order valence-corrected chi connectivity index (χ2v) is 7.71. The second-order valence-electron chi connectivity index (χ2n) is 7.71. The molecule has 34 heavy (non-hydrogen) atoms. The van der Waals surface area contributed by atoms with E-state index in [1.54, 1.807) is 0 Å². The number of benzene rings is 2. The third kappa shape index (κ3) is 6.55. The SMILES string of the molecule is COc1ccc(Oc2ccc(CNC(=O)C3(NC(=O)CC(F)(F)F)CC3)cc2)c(C(F)(F)F)c1. The maximum Gasteiger partial charge on any atom is 0.420 e. The first-order valence-electron chi connectivity index (χ1n) is 9.99. The molecular weight excluding hydrogens is 470 g/mol. The fourth-order valence-electron chi connectivity index (χ4n) is 3.13. The van der Waals surface area contributed by atoms with Crippen LogP contribution in [-0.2, 0) is 22.3 Å². The van der Waals surface area contributed by atoms with Crippen molar-refractivity contribution in [3.63, 3.8) is 0 Å². The molecule has 0 heterocycles. The minimum absolute atomic E-state index is 0.00760. The largest absolute Gasteiger partial charge is 0.497 e. The standard InChI is InChI=1S/C22H20F6N2O4/c1-33-15-6-7-17(16(10-15)22(26,27)28)34-14-4-2-13(3-5-14)12-29-19(32)20(8-9-20)30-18(31)11-21(23,24)25/h2-7,10H,8-9,11-12H2,1H3,(H,29,32)(H,30,31). The molecule has 0 aromatic heterocycles. The minimum atomic E-state index is -4.67. The Hall–Kier alpha value is -3.44. The Bertz CT molecular complexity index is 1050. The van der Waals surface area contributed by atoms with E-state index in [2.05, 4.69) is 10.6 Å². The molecule has 12 heteroatoms. The van der Waals surface area contributed by atoms with E-state index in [0.717, 1.165) is 12.1 Å². The number of methoxy groups -OCH3 is 1. The van der Waals surface area contributed by atoms with Gasteiger partial charge < -0.3 is 20.1 Å². The number of carbonyl (C=O) groups excluding carboxylic acids is 2. The van der Waals surface area contributed by atoms with Crippen molar-refractivity contribution in [1.82, 2.24) is 10.6 Å². The van der Waals surface area contributed by atoms with Crippen LogP contribution in [0.2, 0.25) is 0 Å². The van der Waals surface area contributed by atoms with Gasteiger partial charge in [-0.2, -0.15) is 26.3 Å². The highest BCUT2D eigenvalue weighted by Gasteiger charge is 2.51. The van der Waals surface area contributed by atoms with Gasteiger partial charge in [-0.25, -0.2) is 0 Å². The zero-order valence-electron chi connectivity index (χ0n) is 17.8. The van der Waals surface area contributed by atoms with Gasteiger partial charge in [0.05, 0.1) is 7.11 Å². The van der Waals surface area contributed by atoms with Crippen LogP contribution in [-0.4, -0.2) is 30.6 Å². The fourth-order valence-corrected chi connectivity index (χ4v) is 3.13. The lowest BCUT2D eigenvalue weighted by atomic mass is 10.1. The van der Waals surface area contributed by atoms with E-state index in [1.165, 1.54) is 37.4 Å². The number of alkyl halides is 6. The summed E-state index contributed by atoms with van der Waals surface area (Å²) in [5.41, 5.74) is -1.80. The lowest BCUT2D eigenvalue weighted by molar-refractivity contribution is -0.155. The number of hydrogen-bond acceptors (Lipinski definition) is 4.